The number of imidazole rings is 1. The minimum atomic E-state index is -5.14. The van der Waals surface area contributed by atoms with E-state index in [1.54, 1.807) is 0 Å². The summed E-state index contributed by atoms with van der Waals surface area (Å²) in [6, 6.07) is 0. The molecule has 0 aromatic carbocycles. The Morgan fingerprint density at radius 3 is 2.92 bits per heavy atom. The molecule has 0 radical (unpaired) electrons. The molecule has 2 aromatic heterocycles. The molecule has 1 fully saturated rings. The van der Waals surface area contributed by atoms with Crippen molar-refractivity contribution < 1.29 is 28.7 Å². The summed E-state index contributed by atoms with van der Waals surface area (Å²) in [5.41, 5.74) is 6.32. The Morgan fingerprint density at radius 1 is 1.54 bits per heavy atom. The average Bonchev–Trinajstić information content (AvgIpc) is 2.99. The average molecular weight is 404 g/mol. The molecule has 11 nitrogen and oxygen atoms in total. The van der Waals surface area contributed by atoms with Crippen LogP contribution in [0.15, 0.2) is 6.33 Å². The predicted molar refractivity (Wildman–Crippen MR) is 78.6 cm³/mol. The first-order chi connectivity index (χ1) is 10.7. The van der Waals surface area contributed by atoms with Gasteiger partial charge in [0.25, 0.3) is 0 Å². The van der Waals surface area contributed by atoms with Crippen LogP contribution in [0.25, 0.3) is 11.2 Å². The molecule has 3 atom stereocenters. The molecule has 14 heteroatoms. The largest absolute Gasteiger partial charge is 2.00 e. The minimum absolute atomic E-state index is 0. The van der Waals surface area contributed by atoms with Crippen LogP contribution in [0.3, 0.4) is 0 Å². The minimum Gasteiger partial charge on any atom is -0.790 e. The quantitative estimate of drug-likeness (QED) is 0.336. The molecule has 1 aliphatic heterocycles. The van der Waals surface area contributed by atoms with Crippen LogP contribution >= 0.6 is 19.4 Å². The number of rotatable bonds is 4. The number of hydrogen-bond acceptors (Lipinski definition) is 10. The fourth-order valence-corrected chi connectivity index (χ4v) is 2.82. The number of hydrogen-bond donors (Lipinski definition) is 2. The van der Waals surface area contributed by atoms with Gasteiger partial charge in [-0.15, -0.1) is 0 Å². The molecule has 0 spiro atoms. The first-order valence-electron chi connectivity index (χ1n) is 6.40. The number of nitrogen functional groups attached to an aromatic ring is 1. The number of nitrogens with zero attached hydrogens (tertiary/aromatic N) is 4. The molecule has 126 valence electrons. The second-order valence-corrected chi connectivity index (χ2v) is 6.37. The number of fused-ring (bicyclic) bond motifs is 1. The van der Waals surface area contributed by atoms with Crippen LogP contribution in [0.4, 0.5) is 5.82 Å². The van der Waals surface area contributed by atoms with Gasteiger partial charge in [-0.1, -0.05) is 0 Å². The number of phosphoric ester groups is 1. The molecule has 0 unspecified atom stereocenters. The predicted octanol–water partition coefficient (Wildman–Crippen LogP) is -1.83. The number of anilines is 1. The van der Waals surface area contributed by atoms with Crippen LogP contribution in [-0.4, -0.2) is 81.2 Å². The number of aromatic nitrogens is 4. The van der Waals surface area contributed by atoms with Gasteiger partial charge in [0.2, 0.25) is 5.28 Å². The molecular formula is C10H11CaClN5O6P. The van der Waals surface area contributed by atoms with E-state index in [0.717, 1.165) is 0 Å². The molecule has 24 heavy (non-hydrogen) atoms. The monoisotopic (exact) mass is 403 g/mol. The first-order valence-corrected chi connectivity index (χ1v) is 8.24. The Morgan fingerprint density at radius 2 is 2.25 bits per heavy atom. The van der Waals surface area contributed by atoms with E-state index in [1.165, 1.54) is 10.9 Å². The van der Waals surface area contributed by atoms with Crippen molar-refractivity contribution in [1.29, 1.82) is 0 Å². The van der Waals surface area contributed by atoms with Gasteiger partial charge in [-0.3, -0.25) is 4.57 Å². The summed E-state index contributed by atoms with van der Waals surface area (Å²) in [4.78, 5) is 32.9. The Bertz CT molecular complexity index is 786. The molecule has 0 bridgehead atoms. The molecule has 0 aliphatic carbocycles. The number of ether oxygens (including phenoxy) is 1. The van der Waals surface area contributed by atoms with Crippen LogP contribution in [-0.2, 0) is 13.8 Å². The van der Waals surface area contributed by atoms with E-state index in [2.05, 4.69) is 19.5 Å². The van der Waals surface area contributed by atoms with Gasteiger partial charge in [-0.05, 0) is 11.6 Å². The van der Waals surface area contributed by atoms with Crippen molar-refractivity contribution in [3.05, 3.63) is 11.6 Å². The second kappa shape index (κ2) is 7.66. The number of nitrogens with two attached hydrogens (primary N) is 1. The third-order valence-corrected chi connectivity index (χ3v) is 3.97. The zero-order chi connectivity index (χ0) is 16.8. The Kier molecular flexibility index (Phi) is 6.47. The third kappa shape index (κ3) is 4.36. The number of aliphatic hydroxyl groups excluding tert-OH is 1. The zero-order valence-corrected chi connectivity index (χ0v) is 16.0. The van der Waals surface area contributed by atoms with Crippen molar-refractivity contribution in [2.45, 2.75) is 24.9 Å². The smallest absolute Gasteiger partial charge is 0.790 e. The Balaban J connectivity index is 0.00000208. The molecule has 1 saturated heterocycles. The second-order valence-electron chi connectivity index (χ2n) is 4.88. The van der Waals surface area contributed by atoms with Crippen LogP contribution < -0.4 is 15.5 Å². The molecule has 3 heterocycles. The van der Waals surface area contributed by atoms with Crippen molar-refractivity contribution in [3.8, 4) is 0 Å². The van der Waals surface area contributed by atoms with Crippen molar-refractivity contribution in [1.82, 2.24) is 19.5 Å². The summed E-state index contributed by atoms with van der Waals surface area (Å²) in [7, 11) is -5.14. The molecule has 0 saturated carbocycles. The van der Waals surface area contributed by atoms with Gasteiger partial charge in [0.1, 0.15) is 17.8 Å². The van der Waals surface area contributed by atoms with Gasteiger partial charge >= 0.3 is 37.7 Å². The van der Waals surface area contributed by atoms with Gasteiger partial charge in [0, 0.05) is 6.42 Å². The van der Waals surface area contributed by atoms with E-state index < -0.39 is 32.9 Å². The van der Waals surface area contributed by atoms with E-state index in [4.69, 9.17) is 22.1 Å². The van der Waals surface area contributed by atoms with E-state index in [1.807, 2.05) is 0 Å². The normalized spacial score (nSPS) is 24.2. The molecule has 2 aromatic rings. The third-order valence-electron chi connectivity index (χ3n) is 3.33. The summed E-state index contributed by atoms with van der Waals surface area (Å²) in [6.45, 7) is -0.577. The van der Waals surface area contributed by atoms with Crippen molar-refractivity contribution >= 4 is 74.1 Å². The Hall–Kier alpha value is -0.0703. The number of phosphoric acid groups is 1. The van der Waals surface area contributed by atoms with Crippen LogP contribution in [0.1, 0.15) is 12.6 Å². The number of aliphatic hydroxyl groups is 1. The van der Waals surface area contributed by atoms with Crippen molar-refractivity contribution in [2.24, 2.45) is 0 Å². The summed E-state index contributed by atoms with van der Waals surface area (Å²) < 4.78 is 21.6. The summed E-state index contributed by atoms with van der Waals surface area (Å²) >= 11 is 5.76. The molecular weight excluding hydrogens is 393 g/mol. The van der Waals surface area contributed by atoms with Gasteiger partial charge in [0.15, 0.2) is 11.5 Å². The topological polar surface area (TPSA) is 172 Å². The van der Waals surface area contributed by atoms with Gasteiger partial charge < -0.3 is 34.5 Å². The molecule has 3 rings (SSSR count). The molecule has 0 amide bonds. The maximum atomic E-state index is 10.5. The summed E-state index contributed by atoms with van der Waals surface area (Å²) in [5, 5.41) is 9.85. The van der Waals surface area contributed by atoms with Crippen molar-refractivity contribution in [3.63, 3.8) is 0 Å². The van der Waals surface area contributed by atoms with E-state index in [-0.39, 0.29) is 55.3 Å². The maximum Gasteiger partial charge on any atom is 2.00 e. The fourth-order valence-electron chi connectivity index (χ4n) is 2.32. The van der Waals surface area contributed by atoms with Crippen molar-refractivity contribution in [2.75, 3.05) is 12.3 Å². The van der Waals surface area contributed by atoms with E-state index >= 15 is 0 Å². The van der Waals surface area contributed by atoms with Crippen LogP contribution in [0.5, 0.6) is 0 Å². The standard InChI is InChI=1S/C10H13ClN5O6P.Ca/c11-10-14-8(12)7-9(15-10)16(3-13-7)6-1-4(17)5(22-6)2-21-23(18,19)20;/h3-6,17H,1-2H2,(H2,12,14,15)(H2,18,19,20);/q;+2/p-2/t4-,5+,6+;/m0./s1. The number of halogens is 1. The van der Waals surface area contributed by atoms with E-state index in [9.17, 15) is 19.5 Å². The van der Waals surface area contributed by atoms with Gasteiger partial charge in [-0.25, -0.2) is 4.98 Å². The van der Waals surface area contributed by atoms with Gasteiger partial charge in [-0.2, -0.15) is 9.97 Å². The zero-order valence-electron chi connectivity index (χ0n) is 12.1. The van der Waals surface area contributed by atoms with E-state index in [0.29, 0.717) is 11.2 Å². The fraction of sp³-hybridized carbons (Fsp3) is 0.500. The van der Waals surface area contributed by atoms with Crippen LogP contribution in [0, 0.1) is 0 Å². The molecule has 3 N–H and O–H groups in total. The van der Waals surface area contributed by atoms with Gasteiger partial charge in [0.05, 0.1) is 26.9 Å². The summed E-state index contributed by atoms with van der Waals surface area (Å²) in [6.07, 6.45) is -1.21. The SMILES string of the molecule is Nc1nc(Cl)nc2c1ncn2[C@H]1C[C@H](O)[C@@H](COP(=O)([O-])[O-])O1.[Ca+2]. The van der Waals surface area contributed by atoms with Crippen LogP contribution in [0.2, 0.25) is 5.28 Å². The maximum absolute atomic E-state index is 10.5. The Labute approximate surface area is 170 Å². The first kappa shape index (κ1) is 20.2. The molecule has 1 aliphatic rings. The summed E-state index contributed by atoms with van der Waals surface area (Å²) in [5.74, 6) is 0.0934.